The third-order valence-corrected chi connectivity index (χ3v) is 7.72. The predicted molar refractivity (Wildman–Crippen MR) is 123 cm³/mol. The van der Waals surface area contributed by atoms with Crippen molar-refractivity contribution in [3.8, 4) is 6.07 Å². The molecule has 2 aromatic rings. The molecule has 2 saturated carbocycles. The van der Waals surface area contributed by atoms with Crippen molar-refractivity contribution in [2.24, 2.45) is 11.7 Å². The lowest BCUT2D eigenvalue weighted by atomic mass is 9.71. The standard InChI is InChI=1S/C25H29FN6O2/c26-25(18-4-2-1-3-5-18)14-19(15-25)31-12-9-24(8-11-27,10-13-31)32-16-20(21(28)33)22(30-32)29-23(34)17-6-7-17/h1-5,16-17,19H,6-10,12-15H2,(H2,28,33)(H,29,30,34). The highest BCUT2D eigenvalue weighted by Gasteiger charge is 2.50. The van der Waals surface area contributed by atoms with E-state index in [1.165, 1.54) is 0 Å². The first-order valence-corrected chi connectivity index (χ1v) is 11.9. The quantitative estimate of drug-likeness (QED) is 0.653. The number of hydrogen-bond donors (Lipinski definition) is 2. The molecule has 5 rings (SSSR count). The number of halogens is 1. The molecule has 1 saturated heterocycles. The Hall–Kier alpha value is -3.25. The van der Waals surface area contributed by atoms with Gasteiger partial charge in [-0.3, -0.25) is 19.2 Å². The molecule has 178 valence electrons. The molecule has 34 heavy (non-hydrogen) atoms. The molecule has 8 nitrogen and oxygen atoms in total. The van der Waals surface area contributed by atoms with Gasteiger partial charge in [-0.25, -0.2) is 4.39 Å². The first-order valence-electron chi connectivity index (χ1n) is 11.9. The molecule has 3 N–H and O–H groups in total. The van der Waals surface area contributed by atoms with Crippen molar-refractivity contribution in [2.45, 2.75) is 62.2 Å². The summed E-state index contributed by atoms with van der Waals surface area (Å²) in [6.45, 7) is 1.40. The van der Waals surface area contributed by atoms with Crippen molar-refractivity contribution >= 4 is 17.6 Å². The van der Waals surface area contributed by atoms with Crippen molar-refractivity contribution in [1.82, 2.24) is 14.7 Å². The summed E-state index contributed by atoms with van der Waals surface area (Å²) in [5.74, 6) is -0.706. The number of amides is 2. The van der Waals surface area contributed by atoms with Gasteiger partial charge < -0.3 is 11.1 Å². The van der Waals surface area contributed by atoms with Gasteiger partial charge in [0.15, 0.2) is 5.82 Å². The summed E-state index contributed by atoms with van der Waals surface area (Å²) in [6, 6.07) is 11.8. The Kier molecular flexibility index (Phi) is 5.64. The number of benzene rings is 1. The van der Waals surface area contributed by atoms with Crippen molar-refractivity contribution in [3.63, 3.8) is 0 Å². The first kappa shape index (κ1) is 22.5. The van der Waals surface area contributed by atoms with E-state index in [9.17, 15) is 14.9 Å². The summed E-state index contributed by atoms with van der Waals surface area (Å²) in [5.41, 5.74) is 4.56. The molecule has 0 radical (unpaired) electrons. The van der Waals surface area contributed by atoms with Crippen LogP contribution in [0.4, 0.5) is 10.2 Å². The molecule has 2 heterocycles. The number of carbonyl (C=O) groups is 2. The molecule has 0 bridgehead atoms. The Morgan fingerprint density at radius 1 is 1.21 bits per heavy atom. The van der Waals surface area contributed by atoms with Crippen LogP contribution in [0, 0.1) is 17.2 Å². The summed E-state index contributed by atoms with van der Waals surface area (Å²) in [4.78, 5) is 26.6. The lowest BCUT2D eigenvalue weighted by Gasteiger charge is -2.51. The van der Waals surface area contributed by atoms with E-state index in [1.807, 2.05) is 30.3 Å². The van der Waals surface area contributed by atoms with Crippen LogP contribution in [0.15, 0.2) is 36.5 Å². The highest BCUT2D eigenvalue weighted by Crippen LogP contribution is 2.48. The third-order valence-electron chi connectivity index (χ3n) is 7.72. The fourth-order valence-corrected chi connectivity index (χ4v) is 5.31. The average Bonchev–Trinajstić information content (AvgIpc) is 3.58. The SMILES string of the molecule is N#CCC1(n2cc(C(N)=O)c(NC(=O)C3CC3)n2)CCN(C2CC(F)(c3ccccc3)C2)CC1. The zero-order chi connectivity index (χ0) is 23.9. The molecule has 3 fully saturated rings. The molecule has 0 spiro atoms. The molecule has 2 amide bonds. The first-order chi connectivity index (χ1) is 16.3. The minimum atomic E-state index is -1.28. The number of nitriles is 1. The number of nitrogens with zero attached hydrogens (tertiary/aromatic N) is 4. The second-order valence-electron chi connectivity index (χ2n) is 9.95. The number of piperidine rings is 1. The molecular formula is C25H29FN6O2. The second-order valence-corrected chi connectivity index (χ2v) is 9.95. The van der Waals surface area contributed by atoms with Gasteiger partial charge in [0.25, 0.3) is 5.91 Å². The lowest BCUT2D eigenvalue weighted by Crippen LogP contribution is -2.56. The number of likely N-dealkylation sites (tertiary alicyclic amines) is 1. The van der Waals surface area contributed by atoms with E-state index in [0.717, 1.165) is 18.4 Å². The zero-order valence-electron chi connectivity index (χ0n) is 19.0. The smallest absolute Gasteiger partial charge is 0.254 e. The number of anilines is 1. The fourth-order valence-electron chi connectivity index (χ4n) is 5.31. The Bertz CT molecular complexity index is 1120. The van der Waals surface area contributed by atoms with E-state index >= 15 is 4.39 Å². The Morgan fingerprint density at radius 2 is 1.88 bits per heavy atom. The maximum absolute atomic E-state index is 15.3. The Morgan fingerprint density at radius 3 is 2.47 bits per heavy atom. The van der Waals surface area contributed by atoms with E-state index in [-0.39, 0.29) is 35.7 Å². The van der Waals surface area contributed by atoms with Crippen molar-refractivity contribution in [1.29, 1.82) is 5.26 Å². The molecular weight excluding hydrogens is 435 g/mol. The number of primary amides is 1. The van der Waals surface area contributed by atoms with Crippen LogP contribution in [-0.4, -0.2) is 45.6 Å². The van der Waals surface area contributed by atoms with E-state index in [2.05, 4.69) is 21.4 Å². The van der Waals surface area contributed by atoms with Gasteiger partial charge in [-0.15, -0.1) is 0 Å². The topological polar surface area (TPSA) is 117 Å². The summed E-state index contributed by atoms with van der Waals surface area (Å²) in [7, 11) is 0. The van der Waals surface area contributed by atoms with Gasteiger partial charge >= 0.3 is 0 Å². The van der Waals surface area contributed by atoms with Crippen LogP contribution in [-0.2, 0) is 16.0 Å². The van der Waals surface area contributed by atoms with Crippen LogP contribution in [0.1, 0.15) is 60.9 Å². The summed E-state index contributed by atoms with van der Waals surface area (Å²) in [6.07, 6.45) is 5.65. The molecule has 0 atom stereocenters. The zero-order valence-corrected chi connectivity index (χ0v) is 19.0. The van der Waals surface area contributed by atoms with E-state index < -0.39 is 17.1 Å². The average molecular weight is 465 g/mol. The summed E-state index contributed by atoms with van der Waals surface area (Å²) in [5, 5.41) is 16.8. The van der Waals surface area contributed by atoms with Crippen LogP contribution in [0.5, 0.6) is 0 Å². The van der Waals surface area contributed by atoms with Crippen molar-refractivity contribution in [3.05, 3.63) is 47.7 Å². The normalized spacial score (nSPS) is 26.3. The molecule has 0 unspecified atom stereocenters. The number of hydrogen-bond acceptors (Lipinski definition) is 5. The highest BCUT2D eigenvalue weighted by molar-refractivity contribution is 6.02. The maximum Gasteiger partial charge on any atom is 0.254 e. The monoisotopic (exact) mass is 464 g/mol. The minimum absolute atomic E-state index is 0.0387. The number of rotatable bonds is 7. The van der Waals surface area contributed by atoms with Crippen LogP contribution >= 0.6 is 0 Å². The third kappa shape index (κ3) is 4.07. The van der Waals surface area contributed by atoms with Gasteiger partial charge in [-0.05, 0) is 31.2 Å². The highest BCUT2D eigenvalue weighted by atomic mass is 19.1. The number of nitrogens with two attached hydrogens (primary N) is 1. The predicted octanol–water partition coefficient (Wildman–Crippen LogP) is 3.06. The van der Waals surface area contributed by atoms with Gasteiger partial charge in [-0.2, -0.15) is 10.4 Å². The van der Waals surface area contributed by atoms with Crippen molar-refractivity contribution < 1.29 is 14.0 Å². The van der Waals surface area contributed by atoms with E-state index in [0.29, 0.717) is 38.8 Å². The van der Waals surface area contributed by atoms with Gasteiger partial charge in [0.1, 0.15) is 11.2 Å². The van der Waals surface area contributed by atoms with Gasteiger partial charge in [-0.1, -0.05) is 30.3 Å². The Balaban J connectivity index is 1.29. The van der Waals surface area contributed by atoms with Crippen molar-refractivity contribution in [2.75, 3.05) is 18.4 Å². The molecule has 1 aliphatic heterocycles. The number of carbonyl (C=O) groups excluding carboxylic acids is 2. The largest absolute Gasteiger partial charge is 0.365 e. The fraction of sp³-hybridized carbons (Fsp3) is 0.520. The number of alkyl halides is 1. The second kappa shape index (κ2) is 8.51. The molecule has 1 aromatic carbocycles. The summed E-state index contributed by atoms with van der Waals surface area (Å²) < 4.78 is 17.0. The van der Waals surface area contributed by atoms with Gasteiger partial charge in [0, 0.05) is 44.1 Å². The Labute approximate surface area is 197 Å². The van der Waals surface area contributed by atoms with Crippen LogP contribution < -0.4 is 11.1 Å². The molecule has 3 aliphatic rings. The molecule has 9 heteroatoms. The number of aromatic nitrogens is 2. The van der Waals surface area contributed by atoms with E-state index in [1.54, 1.807) is 10.9 Å². The van der Waals surface area contributed by atoms with Crippen LogP contribution in [0.3, 0.4) is 0 Å². The number of nitrogens with one attached hydrogen (secondary N) is 1. The van der Waals surface area contributed by atoms with Gasteiger partial charge in [0.2, 0.25) is 5.91 Å². The van der Waals surface area contributed by atoms with E-state index in [4.69, 9.17) is 5.73 Å². The minimum Gasteiger partial charge on any atom is -0.365 e. The summed E-state index contributed by atoms with van der Waals surface area (Å²) >= 11 is 0. The molecule has 2 aliphatic carbocycles. The van der Waals surface area contributed by atoms with Crippen LogP contribution in [0.2, 0.25) is 0 Å². The lowest BCUT2D eigenvalue weighted by molar-refractivity contribution is -0.117. The maximum atomic E-state index is 15.3. The van der Waals surface area contributed by atoms with Crippen LogP contribution in [0.25, 0.3) is 0 Å². The van der Waals surface area contributed by atoms with Gasteiger partial charge in [0.05, 0.1) is 18.0 Å². The molecule has 1 aromatic heterocycles.